The Morgan fingerprint density at radius 2 is 1.71 bits per heavy atom. The van der Waals surface area contributed by atoms with Gasteiger partial charge in [-0.3, -0.25) is 4.79 Å². The van der Waals surface area contributed by atoms with Gasteiger partial charge in [0.15, 0.2) is 11.6 Å². The van der Waals surface area contributed by atoms with Crippen LogP contribution in [-0.2, 0) is 4.79 Å². The zero-order chi connectivity index (χ0) is 10.7. The third-order valence-corrected chi connectivity index (χ3v) is 1.61. The van der Waals surface area contributed by atoms with Gasteiger partial charge >= 0.3 is 0 Å². The Kier molecular flexibility index (Phi) is 3.06. The second-order valence-electron chi connectivity index (χ2n) is 2.79. The SMILES string of the molecule is C/C(C=O)=C/c1cc(F)c(F)cc1F. The molecule has 0 fully saturated rings. The molecule has 0 aliphatic heterocycles. The topological polar surface area (TPSA) is 17.1 Å². The largest absolute Gasteiger partial charge is 0.298 e. The minimum atomic E-state index is -1.25. The van der Waals surface area contributed by atoms with Gasteiger partial charge in [0.25, 0.3) is 0 Å². The lowest BCUT2D eigenvalue weighted by Gasteiger charge is -1.99. The lowest BCUT2D eigenvalue weighted by atomic mass is 10.1. The molecule has 0 saturated carbocycles. The molecule has 0 unspecified atom stereocenters. The summed E-state index contributed by atoms with van der Waals surface area (Å²) in [4.78, 5) is 10.2. The van der Waals surface area contributed by atoms with E-state index in [1.54, 1.807) is 0 Å². The molecule has 1 rings (SSSR count). The number of hydrogen-bond acceptors (Lipinski definition) is 1. The molecule has 1 aromatic carbocycles. The van der Waals surface area contributed by atoms with E-state index in [4.69, 9.17) is 0 Å². The molecule has 0 N–H and O–H groups in total. The van der Waals surface area contributed by atoms with Gasteiger partial charge in [0, 0.05) is 11.6 Å². The maximum Gasteiger partial charge on any atom is 0.161 e. The Balaban J connectivity index is 3.23. The van der Waals surface area contributed by atoms with Gasteiger partial charge < -0.3 is 0 Å². The van der Waals surface area contributed by atoms with Crippen LogP contribution in [0.25, 0.3) is 6.08 Å². The second kappa shape index (κ2) is 4.09. The number of aldehydes is 1. The third kappa shape index (κ3) is 2.22. The summed E-state index contributed by atoms with van der Waals surface area (Å²) in [5.41, 5.74) is 0.0865. The molecule has 14 heavy (non-hydrogen) atoms. The fourth-order valence-electron chi connectivity index (χ4n) is 0.928. The van der Waals surface area contributed by atoms with Gasteiger partial charge in [-0.25, -0.2) is 13.2 Å². The fraction of sp³-hybridized carbons (Fsp3) is 0.100. The Hall–Kier alpha value is -1.58. The maximum absolute atomic E-state index is 13.0. The van der Waals surface area contributed by atoms with Crippen molar-refractivity contribution in [2.24, 2.45) is 0 Å². The second-order valence-corrected chi connectivity index (χ2v) is 2.79. The summed E-state index contributed by atoms with van der Waals surface area (Å²) in [5.74, 6) is -3.29. The van der Waals surface area contributed by atoms with Crippen molar-refractivity contribution in [1.29, 1.82) is 0 Å². The van der Waals surface area contributed by atoms with Crippen molar-refractivity contribution in [3.8, 4) is 0 Å². The Morgan fingerprint density at radius 1 is 1.14 bits per heavy atom. The molecule has 0 aliphatic rings. The molecule has 0 spiro atoms. The highest BCUT2D eigenvalue weighted by atomic mass is 19.2. The average Bonchev–Trinajstić information content (AvgIpc) is 2.14. The number of hydrogen-bond donors (Lipinski definition) is 0. The monoisotopic (exact) mass is 200 g/mol. The van der Waals surface area contributed by atoms with Gasteiger partial charge in [0.2, 0.25) is 0 Å². The first-order valence-electron chi connectivity index (χ1n) is 3.82. The van der Waals surface area contributed by atoms with Crippen molar-refractivity contribution in [1.82, 2.24) is 0 Å². The summed E-state index contributed by atoms with van der Waals surface area (Å²) in [5, 5.41) is 0. The summed E-state index contributed by atoms with van der Waals surface area (Å²) in [6.45, 7) is 1.44. The van der Waals surface area contributed by atoms with E-state index >= 15 is 0 Å². The van der Waals surface area contributed by atoms with E-state index in [2.05, 4.69) is 0 Å². The fourth-order valence-corrected chi connectivity index (χ4v) is 0.928. The van der Waals surface area contributed by atoms with E-state index in [0.717, 1.165) is 6.08 Å². The molecule has 74 valence electrons. The van der Waals surface area contributed by atoms with Crippen molar-refractivity contribution in [3.05, 3.63) is 40.7 Å². The van der Waals surface area contributed by atoms with Crippen LogP contribution >= 0.6 is 0 Å². The van der Waals surface area contributed by atoms with Crippen LogP contribution in [0.5, 0.6) is 0 Å². The molecular formula is C10H7F3O. The first-order valence-corrected chi connectivity index (χ1v) is 3.82. The molecule has 1 nitrogen and oxygen atoms in total. The standard InChI is InChI=1S/C10H7F3O/c1-6(5-14)2-7-3-9(12)10(13)4-8(7)11/h2-5H,1H3/b6-2-. The highest BCUT2D eigenvalue weighted by Gasteiger charge is 2.07. The predicted molar refractivity (Wildman–Crippen MR) is 46.0 cm³/mol. The minimum Gasteiger partial charge on any atom is -0.298 e. The van der Waals surface area contributed by atoms with Crippen LogP contribution < -0.4 is 0 Å². The highest BCUT2D eigenvalue weighted by molar-refractivity contribution is 5.80. The quantitative estimate of drug-likeness (QED) is 0.407. The summed E-state index contributed by atoms with van der Waals surface area (Å²) < 4.78 is 38.1. The van der Waals surface area contributed by atoms with E-state index in [-0.39, 0.29) is 11.1 Å². The first kappa shape index (κ1) is 10.5. The van der Waals surface area contributed by atoms with Gasteiger partial charge in [-0.05, 0) is 24.6 Å². The zero-order valence-electron chi connectivity index (χ0n) is 7.35. The van der Waals surface area contributed by atoms with Crippen LogP contribution in [0.4, 0.5) is 13.2 Å². The first-order chi connectivity index (χ1) is 6.54. The number of halogens is 3. The normalized spacial score (nSPS) is 11.6. The van der Waals surface area contributed by atoms with Crippen molar-refractivity contribution >= 4 is 12.4 Å². The molecular weight excluding hydrogens is 193 g/mol. The Morgan fingerprint density at radius 3 is 2.29 bits per heavy atom. The molecule has 0 amide bonds. The zero-order valence-corrected chi connectivity index (χ0v) is 7.35. The van der Waals surface area contributed by atoms with Crippen molar-refractivity contribution in [2.75, 3.05) is 0 Å². The van der Waals surface area contributed by atoms with Gasteiger partial charge in [0.1, 0.15) is 12.1 Å². The van der Waals surface area contributed by atoms with E-state index in [9.17, 15) is 18.0 Å². The van der Waals surface area contributed by atoms with Crippen LogP contribution in [-0.4, -0.2) is 6.29 Å². The molecule has 0 atom stereocenters. The number of benzene rings is 1. The van der Waals surface area contributed by atoms with Crippen molar-refractivity contribution < 1.29 is 18.0 Å². The van der Waals surface area contributed by atoms with Crippen LogP contribution in [0.1, 0.15) is 12.5 Å². The summed E-state index contributed by atoms with van der Waals surface area (Å²) in [6.07, 6.45) is 1.64. The van der Waals surface area contributed by atoms with Gasteiger partial charge in [-0.2, -0.15) is 0 Å². The molecule has 0 saturated heterocycles. The average molecular weight is 200 g/mol. The lowest BCUT2D eigenvalue weighted by molar-refractivity contribution is -0.104. The summed E-state index contributed by atoms with van der Waals surface area (Å²) in [7, 11) is 0. The van der Waals surface area contributed by atoms with E-state index < -0.39 is 17.5 Å². The molecule has 1 aromatic rings. The number of carbonyl (C=O) groups is 1. The smallest absolute Gasteiger partial charge is 0.161 e. The van der Waals surface area contributed by atoms with Gasteiger partial charge in [-0.15, -0.1) is 0 Å². The number of rotatable bonds is 2. The van der Waals surface area contributed by atoms with Crippen LogP contribution in [0.2, 0.25) is 0 Å². The maximum atomic E-state index is 13.0. The predicted octanol–water partition coefficient (Wildman–Crippen LogP) is 2.71. The number of allylic oxidation sites excluding steroid dienone is 1. The Bertz CT molecular complexity index is 397. The van der Waals surface area contributed by atoms with Crippen LogP contribution in [0.3, 0.4) is 0 Å². The van der Waals surface area contributed by atoms with Gasteiger partial charge in [0.05, 0.1) is 0 Å². The number of carbonyl (C=O) groups excluding carboxylic acids is 1. The lowest BCUT2D eigenvalue weighted by Crippen LogP contribution is -1.91. The third-order valence-electron chi connectivity index (χ3n) is 1.61. The molecule has 0 radical (unpaired) electrons. The molecule has 0 aliphatic carbocycles. The van der Waals surface area contributed by atoms with E-state index in [1.165, 1.54) is 6.92 Å². The highest BCUT2D eigenvalue weighted by Crippen LogP contribution is 2.15. The summed E-state index contributed by atoms with van der Waals surface area (Å²) in [6, 6.07) is 1.15. The molecule has 4 heteroatoms. The summed E-state index contributed by atoms with van der Waals surface area (Å²) >= 11 is 0. The van der Waals surface area contributed by atoms with E-state index in [1.807, 2.05) is 0 Å². The van der Waals surface area contributed by atoms with Crippen molar-refractivity contribution in [2.45, 2.75) is 6.92 Å². The Labute approximate surface area is 78.9 Å². The van der Waals surface area contributed by atoms with Crippen LogP contribution in [0.15, 0.2) is 17.7 Å². The van der Waals surface area contributed by atoms with Crippen molar-refractivity contribution in [3.63, 3.8) is 0 Å². The van der Waals surface area contributed by atoms with Gasteiger partial charge in [-0.1, -0.05) is 0 Å². The molecule has 0 heterocycles. The van der Waals surface area contributed by atoms with Crippen LogP contribution in [0, 0.1) is 17.5 Å². The molecule has 0 bridgehead atoms. The minimum absolute atomic E-state index is 0.145. The van der Waals surface area contributed by atoms with E-state index in [0.29, 0.717) is 18.4 Å². The molecule has 0 aromatic heterocycles.